The fraction of sp³-hybridized carbons (Fsp3) is 1.00. The van der Waals surface area contributed by atoms with Gasteiger partial charge in [0.25, 0.3) is 0 Å². The van der Waals surface area contributed by atoms with E-state index in [1.165, 1.54) is 37.0 Å². The predicted molar refractivity (Wildman–Crippen MR) is 56.3 cm³/mol. The largest absolute Gasteiger partial charge is 0.322 e. The Balaban J connectivity index is 4.28. The van der Waals surface area contributed by atoms with Gasteiger partial charge in [0.15, 0.2) is 0 Å². The van der Waals surface area contributed by atoms with Crippen LogP contribution in [0, 0.1) is 0 Å². The van der Waals surface area contributed by atoms with Gasteiger partial charge in [0.1, 0.15) is 0 Å². The average molecular weight is 172 g/mol. The van der Waals surface area contributed by atoms with Gasteiger partial charge in [0, 0.05) is 0 Å². The van der Waals surface area contributed by atoms with E-state index in [1.807, 2.05) is 0 Å². The zero-order valence-electron chi connectivity index (χ0n) is 9.56. The van der Waals surface area contributed by atoms with Crippen LogP contribution in [0.3, 0.4) is 0 Å². The van der Waals surface area contributed by atoms with Crippen LogP contribution < -0.4 is 0 Å². The van der Waals surface area contributed by atoms with Crippen molar-refractivity contribution in [2.45, 2.75) is 53.5 Å². The summed E-state index contributed by atoms with van der Waals surface area (Å²) in [6.07, 6.45) is 2.62. The van der Waals surface area contributed by atoms with E-state index in [-0.39, 0.29) is 0 Å². The maximum absolute atomic E-state index is 2.36. The second kappa shape index (κ2) is 5.58. The summed E-state index contributed by atoms with van der Waals surface area (Å²) < 4.78 is 1.31. The number of hydrogen-bond acceptors (Lipinski definition) is 0. The first-order chi connectivity index (χ1) is 5.63. The summed E-state index contributed by atoms with van der Waals surface area (Å²) >= 11 is 0. The molecule has 1 nitrogen and oxygen atoms in total. The van der Waals surface area contributed by atoms with Gasteiger partial charge in [-0.25, -0.2) is 0 Å². The van der Waals surface area contributed by atoms with E-state index in [9.17, 15) is 0 Å². The molecule has 0 bridgehead atoms. The van der Waals surface area contributed by atoms with Crippen molar-refractivity contribution < 1.29 is 4.48 Å². The van der Waals surface area contributed by atoms with E-state index in [0.717, 1.165) is 6.04 Å². The summed E-state index contributed by atoms with van der Waals surface area (Å²) in [6, 6.07) is 0.787. The van der Waals surface area contributed by atoms with Gasteiger partial charge in [-0.05, 0) is 33.6 Å². The lowest BCUT2D eigenvalue weighted by atomic mass is 10.2. The van der Waals surface area contributed by atoms with E-state index < -0.39 is 0 Å². The zero-order chi connectivity index (χ0) is 9.61. The van der Waals surface area contributed by atoms with Crippen molar-refractivity contribution in [1.29, 1.82) is 0 Å². The molecule has 0 aromatic carbocycles. The van der Waals surface area contributed by atoms with Gasteiger partial charge in [0.05, 0.1) is 25.7 Å². The minimum atomic E-state index is 0.787. The van der Waals surface area contributed by atoms with Gasteiger partial charge in [-0.15, -0.1) is 0 Å². The summed E-state index contributed by atoms with van der Waals surface area (Å²) in [4.78, 5) is 0. The van der Waals surface area contributed by atoms with Gasteiger partial charge in [-0.2, -0.15) is 0 Å². The van der Waals surface area contributed by atoms with E-state index >= 15 is 0 Å². The van der Waals surface area contributed by atoms with E-state index in [4.69, 9.17) is 0 Å². The maximum atomic E-state index is 2.36. The SMILES string of the molecule is CCC[N+](CC)(CCC)C(C)C. The highest BCUT2D eigenvalue weighted by Crippen LogP contribution is 2.15. The highest BCUT2D eigenvalue weighted by atomic mass is 15.4. The van der Waals surface area contributed by atoms with Crippen molar-refractivity contribution in [3.05, 3.63) is 0 Å². The number of nitrogens with zero attached hydrogens (tertiary/aromatic N) is 1. The smallest absolute Gasteiger partial charge is 0.0833 e. The van der Waals surface area contributed by atoms with Crippen LogP contribution in [0.5, 0.6) is 0 Å². The van der Waals surface area contributed by atoms with E-state index in [1.54, 1.807) is 0 Å². The Bertz CT molecular complexity index is 102. The van der Waals surface area contributed by atoms with E-state index in [2.05, 4.69) is 34.6 Å². The van der Waals surface area contributed by atoms with Gasteiger partial charge < -0.3 is 4.48 Å². The summed E-state index contributed by atoms with van der Waals surface area (Å²) in [6.45, 7) is 15.6. The lowest BCUT2D eigenvalue weighted by Crippen LogP contribution is -2.53. The third kappa shape index (κ3) is 2.78. The Morgan fingerprint density at radius 2 is 1.33 bits per heavy atom. The molecule has 12 heavy (non-hydrogen) atoms. The highest BCUT2D eigenvalue weighted by molar-refractivity contribution is 4.47. The van der Waals surface area contributed by atoms with Crippen LogP contribution in [0.15, 0.2) is 0 Å². The fourth-order valence-electron chi connectivity index (χ4n) is 2.20. The molecular weight excluding hydrogens is 146 g/mol. The lowest BCUT2D eigenvalue weighted by Gasteiger charge is -2.41. The van der Waals surface area contributed by atoms with Crippen LogP contribution >= 0.6 is 0 Å². The minimum absolute atomic E-state index is 0.787. The van der Waals surface area contributed by atoms with Crippen molar-refractivity contribution in [2.75, 3.05) is 19.6 Å². The normalized spacial score (nSPS) is 12.5. The molecule has 0 atom stereocenters. The summed E-state index contributed by atoms with van der Waals surface area (Å²) in [7, 11) is 0. The standard InChI is InChI=1S/C11H26N/c1-6-9-12(8-3,10-7-2)11(4)5/h11H,6-10H2,1-5H3/q+1. The van der Waals surface area contributed by atoms with Crippen LogP contribution in [-0.4, -0.2) is 30.2 Å². The topological polar surface area (TPSA) is 0 Å². The van der Waals surface area contributed by atoms with Crippen LogP contribution in [0.4, 0.5) is 0 Å². The molecule has 0 radical (unpaired) electrons. The Morgan fingerprint density at radius 3 is 1.50 bits per heavy atom. The molecule has 0 heterocycles. The van der Waals surface area contributed by atoms with Crippen molar-refractivity contribution in [1.82, 2.24) is 0 Å². The van der Waals surface area contributed by atoms with Crippen LogP contribution in [0.2, 0.25) is 0 Å². The van der Waals surface area contributed by atoms with Crippen LogP contribution in [-0.2, 0) is 0 Å². The third-order valence-electron chi connectivity index (χ3n) is 3.06. The lowest BCUT2D eigenvalue weighted by molar-refractivity contribution is -0.946. The second-order valence-corrected chi connectivity index (χ2v) is 4.08. The Hall–Kier alpha value is -0.0400. The first kappa shape index (κ1) is 12.0. The molecule has 0 saturated heterocycles. The third-order valence-corrected chi connectivity index (χ3v) is 3.06. The van der Waals surface area contributed by atoms with Crippen molar-refractivity contribution in [3.63, 3.8) is 0 Å². The Kier molecular flexibility index (Phi) is 5.56. The zero-order valence-corrected chi connectivity index (χ0v) is 9.56. The Labute approximate surface area is 78.4 Å². The highest BCUT2D eigenvalue weighted by Gasteiger charge is 2.26. The fourth-order valence-corrected chi connectivity index (χ4v) is 2.20. The predicted octanol–water partition coefficient (Wildman–Crippen LogP) is 3.05. The monoisotopic (exact) mass is 172 g/mol. The molecule has 0 unspecified atom stereocenters. The van der Waals surface area contributed by atoms with Crippen molar-refractivity contribution >= 4 is 0 Å². The molecule has 0 rings (SSSR count). The molecule has 0 aromatic heterocycles. The van der Waals surface area contributed by atoms with Gasteiger partial charge in [-0.3, -0.25) is 0 Å². The Morgan fingerprint density at radius 1 is 0.917 bits per heavy atom. The molecule has 0 spiro atoms. The van der Waals surface area contributed by atoms with Crippen molar-refractivity contribution in [3.8, 4) is 0 Å². The molecular formula is C11H26N+. The molecule has 0 aliphatic heterocycles. The van der Waals surface area contributed by atoms with Gasteiger partial charge >= 0.3 is 0 Å². The number of rotatable bonds is 6. The summed E-state index contributed by atoms with van der Waals surface area (Å²) in [5.41, 5.74) is 0. The van der Waals surface area contributed by atoms with Crippen molar-refractivity contribution in [2.24, 2.45) is 0 Å². The van der Waals surface area contributed by atoms with E-state index in [0.29, 0.717) is 0 Å². The minimum Gasteiger partial charge on any atom is -0.322 e. The molecule has 0 aliphatic rings. The first-order valence-corrected chi connectivity index (χ1v) is 5.48. The maximum Gasteiger partial charge on any atom is 0.0833 e. The molecule has 74 valence electrons. The summed E-state index contributed by atoms with van der Waals surface area (Å²) in [5.74, 6) is 0. The molecule has 0 N–H and O–H groups in total. The molecule has 0 amide bonds. The average Bonchev–Trinajstić information content (AvgIpc) is 2.03. The molecule has 0 saturated carbocycles. The quantitative estimate of drug-likeness (QED) is 0.540. The molecule has 0 fully saturated rings. The van der Waals surface area contributed by atoms with Gasteiger partial charge in [-0.1, -0.05) is 13.8 Å². The number of quaternary nitrogens is 1. The summed E-state index contributed by atoms with van der Waals surface area (Å²) in [5, 5.41) is 0. The van der Waals surface area contributed by atoms with Crippen LogP contribution in [0.25, 0.3) is 0 Å². The van der Waals surface area contributed by atoms with Crippen LogP contribution in [0.1, 0.15) is 47.5 Å². The molecule has 1 heteroatoms. The number of hydrogen-bond donors (Lipinski definition) is 0. The first-order valence-electron chi connectivity index (χ1n) is 5.48. The second-order valence-electron chi connectivity index (χ2n) is 4.08. The van der Waals surface area contributed by atoms with Gasteiger partial charge in [0.2, 0.25) is 0 Å². The molecule has 0 aliphatic carbocycles. The molecule has 0 aromatic rings.